The molecular formula is C32H32ClN5O2. The lowest BCUT2D eigenvalue weighted by molar-refractivity contribution is -0.139. The molecule has 2 aromatic carbocycles. The summed E-state index contributed by atoms with van der Waals surface area (Å²) in [5.41, 5.74) is 1.70. The largest absolute Gasteiger partial charge is 0.490 e. The highest BCUT2D eigenvalue weighted by Gasteiger charge is 2.41. The molecule has 40 heavy (non-hydrogen) atoms. The van der Waals surface area contributed by atoms with Crippen LogP contribution >= 0.6 is 11.6 Å². The minimum Gasteiger partial charge on any atom is -0.490 e. The highest BCUT2D eigenvalue weighted by Crippen LogP contribution is 2.38. The van der Waals surface area contributed by atoms with Crippen LogP contribution in [0, 0.1) is 40.4 Å². The van der Waals surface area contributed by atoms with E-state index in [2.05, 4.69) is 28.9 Å². The third kappa shape index (κ3) is 6.06. The maximum atomic E-state index is 13.9. The summed E-state index contributed by atoms with van der Waals surface area (Å²) in [5.74, 6) is 1.11. The Labute approximate surface area is 240 Å². The van der Waals surface area contributed by atoms with Crippen LogP contribution in [0.2, 0.25) is 5.02 Å². The Morgan fingerprint density at radius 2 is 1.80 bits per heavy atom. The van der Waals surface area contributed by atoms with Gasteiger partial charge in [-0.15, -0.1) is 0 Å². The van der Waals surface area contributed by atoms with Crippen molar-refractivity contribution in [1.29, 1.82) is 10.5 Å². The molecule has 0 spiro atoms. The Morgan fingerprint density at radius 3 is 2.48 bits per heavy atom. The number of aromatic nitrogens is 1. The van der Waals surface area contributed by atoms with Crippen LogP contribution in [0.3, 0.4) is 0 Å². The number of hydrogen-bond donors (Lipinski definition) is 0. The first-order valence-corrected chi connectivity index (χ1v) is 14.1. The fourth-order valence-corrected chi connectivity index (χ4v) is 6.19. The maximum Gasteiger partial charge on any atom is 0.227 e. The number of benzene rings is 2. The van der Waals surface area contributed by atoms with E-state index >= 15 is 0 Å². The van der Waals surface area contributed by atoms with Crippen molar-refractivity contribution in [1.82, 2.24) is 9.88 Å². The van der Waals surface area contributed by atoms with Gasteiger partial charge in [-0.25, -0.2) is 4.98 Å². The molecule has 0 N–H and O–H groups in total. The summed E-state index contributed by atoms with van der Waals surface area (Å²) in [6.07, 6.45) is 3.04. The molecule has 1 amide bonds. The van der Waals surface area contributed by atoms with Gasteiger partial charge in [0, 0.05) is 49.2 Å². The Bertz CT molecular complexity index is 1380. The first kappa shape index (κ1) is 27.5. The minimum atomic E-state index is -0.395. The van der Waals surface area contributed by atoms with Crippen LogP contribution in [0.1, 0.15) is 36.8 Å². The fraction of sp³-hybridized carbons (Fsp3) is 0.375. The highest BCUT2D eigenvalue weighted by molar-refractivity contribution is 6.30. The van der Waals surface area contributed by atoms with Crippen molar-refractivity contribution >= 4 is 23.3 Å². The second-order valence-corrected chi connectivity index (χ2v) is 11.1. The van der Waals surface area contributed by atoms with E-state index in [9.17, 15) is 10.1 Å². The fourth-order valence-electron chi connectivity index (χ4n) is 6.07. The van der Waals surface area contributed by atoms with Crippen molar-refractivity contribution in [2.24, 2.45) is 17.8 Å². The normalized spacial score (nSPS) is 23.5. The van der Waals surface area contributed by atoms with Gasteiger partial charge in [0.05, 0.1) is 35.6 Å². The lowest BCUT2D eigenvalue weighted by Gasteiger charge is -2.44. The van der Waals surface area contributed by atoms with Gasteiger partial charge in [0.15, 0.2) is 0 Å². The predicted molar refractivity (Wildman–Crippen MR) is 154 cm³/mol. The summed E-state index contributed by atoms with van der Waals surface area (Å²) in [5, 5.41) is 19.8. The molecule has 2 fully saturated rings. The molecule has 2 unspecified atom stereocenters. The topological polar surface area (TPSA) is 93.2 Å². The van der Waals surface area contributed by atoms with Gasteiger partial charge in [0.25, 0.3) is 0 Å². The molecule has 1 aromatic heterocycles. The zero-order valence-corrected chi connectivity index (χ0v) is 23.2. The number of halogens is 1. The number of likely N-dealkylation sites (tertiary alicyclic amines) is 1. The van der Waals surface area contributed by atoms with Gasteiger partial charge in [-0.1, -0.05) is 29.8 Å². The van der Waals surface area contributed by atoms with Crippen molar-refractivity contribution < 1.29 is 9.53 Å². The molecule has 0 radical (unpaired) electrons. The quantitative estimate of drug-likeness (QED) is 0.390. The molecule has 0 saturated carbocycles. The van der Waals surface area contributed by atoms with E-state index in [1.165, 1.54) is 0 Å². The molecule has 0 aliphatic carbocycles. The van der Waals surface area contributed by atoms with Crippen LogP contribution in [-0.4, -0.2) is 48.1 Å². The molecule has 0 bridgehead atoms. The number of ether oxygens (including phenoxy) is 1. The average molecular weight is 554 g/mol. The van der Waals surface area contributed by atoms with Crippen LogP contribution < -0.4 is 9.64 Å². The van der Waals surface area contributed by atoms with Gasteiger partial charge in [0.2, 0.25) is 5.91 Å². The van der Waals surface area contributed by atoms with E-state index < -0.39 is 5.92 Å². The maximum absolute atomic E-state index is 13.9. The van der Waals surface area contributed by atoms with Crippen LogP contribution in [0.25, 0.3) is 0 Å². The Morgan fingerprint density at radius 1 is 1.02 bits per heavy atom. The van der Waals surface area contributed by atoms with Crippen molar-refractivity contribution in [3.05, 3.63) is 89.1 Å². The number of carbonyl (C=O) groups is 1. The van der Waals surface area contributed by atoms with E-state index in [0.717, 1.165) is 23.6 Å². The predicted octanol–water partition coefficient (Wildman–Crippen LogP) is 5.67. The van der Waals surface area contributed by atoms with Gasteiger partial charge >= 0.3 is 0 Å². The molecule has 2 aliphatic heterocycles. The van der Waals surface area contributed by atoms with Gasteiger partial charge in [-0.3, -0.25) is 4.79 Å². The summed E-state index contributed by atoms with van der Waals surface area (Å²) in [6.45, 7) is 4.44. The van der Waals surface area contributed by atoms with E-state index in [1.807, 2.05) is 59.5 Å². The molecule has 3 aromatic rings. The number of carbonyl (C=O) groups excluding carboxylic acids is 1. The first-order valence-electron chi connectivity index (χ1n) is 13.7. The minimum absolute atomic E-state index is 0.0532. The Hall–Kier alpha value is -4.07. The zero-order chi connectivity index (χ0) is 28.1. The third-order valence-corrected chi connectivity index (χ3v) is 8.51. The van der Waals surface area contributed by atoms with Crippen molar-refractivity contribution in [3.63, 3.8) is 0 Å². The first-order chi connectivity index (χ1) is 19.5. The van der Waals surface area contributed by atoms with Crippen LogP contribution in [-0.2, 0) is 4.79 Å². The number of anilines is 1. The summed E-state index contributed by atoms with van der Waals surface area (Å²) in [7, 11) is 0. The summed E-state index contributed by atoms with van der Waals surface area (Å²) < 4.78 is 6.34. The number of amides is 1. The highest BCUT2D eigenvalue weighted by atomic mass is 35.5. The second kappa shape index (κ2) is 12.4. The molecule has 7 nitrogen and oxygen atoms in total. The molecular weight excluding hydrogens is 522 g/mol. The van der Waals surface area contributed by atoms with E-state index in [0.29, 0.717) is 43.2 Å². The van der Waals surface area contributed by atoms with Crippen molar-refractivity contribution in [2.75, 3.05) is 31.1 Å². The number of nitriles is 2. The Kier molecular flexibility index (Phi) is 8.53. The summed E-state index contributed by atoms with van der Waals surface area (Å²) >= 11 is 6.20. The lowest BCUT2D eigenvalue weighted by atomic mass is 9.77. The second-order valence-electron chi connectivity index (χ2n) is 10.6. The van der Waals surface area contributed by atoms with Gasteiger partial charge in [-0.05, 0) is 73.9 Å². The van der Waals surface area contributed by atoms with Crippen molar-refractivity contribution in [2.45, 2.75) is 31.8 Å². The molecule has 2 aliphatic rings. The van der Waals surface area contributed by atoms with E-state index in [-0.39, 0.29) is 29.8 Å². The smallest absolute Gasteiger partial charge is 0.227 e. The standard InChI is InChI=1S/C32H32ClN5O2/c1-22(40-27-11-5-23(18-34)6-12-27)28-13-17-38(21-30(28)24-7-9-26(33)10-8-24)32(39)29-14-16-37(20-25(29)19-35)31-4-2-3-15-36-31/h2-12,15,22,25,28-30H,13-14,16-17,20-21H2,1H3/t22-,25?,28+,29?,30+/m0/s1. The van der Waals surface area contributed by atoms with Crippen LogP contribution in [0.15, 0.2) is 72.9 Å². The SMILES string of the molecule is C[C@H](Oc1ccc(C#N)cc1)[C@H]1CCN(C(=O)C2CCN(c3ccccn3)CC2C#N)C[C@@H]1c1ccc(Cl)cc1. The van der Waals surface area contributed by atoms with Crippen LogP contribution in [0.4, 0.5) is 5.82 Å². The molecule has 8 heteroatoms. The molecule has 204 valence electrons. The lowest BCUT2D eigenvalue weighted by Crippen LogP contribution is -2.52. The molecule has 2 saturated heterocycles. The number of rotatable bonds is 6. The monoisotopic (exact) mass is 553 g/mol. The number of hydrogen-bond acceptors (Lipinski definition) is 6. The average Bonchev–Trinajstić information content (AvgIpc) is 3.01. The van der Waals surface area contributed by atoms with E-state index in [1.54, 1.807) is 18.3 Å². The summed E-state index contributed by atoms with van der Waals surface area (Å²) in [6, 6.07) is 25.3. The molecule has 5 atom stereocenters. The van der Waals surface area contributed by atoms with Gasteiger partial charge < -0.3 is 14.5 Å². The van der Waals surface area contributed by atoms with Crippen LogP contribution in [0.5, 0.6) is 5.75 Å². The van der Waals surface area contributed by atoms with Gasteiger partial charge in [-0.2, -0.15) is 10.5 Å². The van der Waals surface area contributed by atoms with Crippen molar-refractivity contribution in [3.8, 4) is 17.9 Å². The molecule has 3 heterocycles. The van der Waals surface area contributed by atoms with E-state index in [4.69, 9.17) is 21.6 Å². The molecule has 5 rings (SSSR count). The Balaban J connectivity index is 1.32. The van der Waals surface area contributed by atoms with Gasteiger partial charge in [0.1, 0.15) is 11.6 Å². The third-order valence-electron chi connectivity index (χ3n) is 8.25. The zero-order valence-electron chi connectivity index (χ0n) is 22.5. The number of piperidine rings is 2. The summed E-state index contributed by atoms with van der Waals surface area (Å²) in [4.78, 5) is 22.4. The number of nitrogens with zero attached hydrogens (tertiary/aromatic N) is 5. The number of pyridine rings is 1.